The third-order valence-electron chi connectivity index (χ3n) is 9.19. The van der Waals surface area contributed by atoms with E-state index < -0.39 is 0 Å². The van der Waals surface area contributed by atoms with Gasteiger partial charge in [0.1, 0.15) is 11.6 Å². The highest BCUT2D eigenvalue weighted by atomic mass is 15.0. The van der Waals surface area contributed by atoms with Crippen molar-refractivity contribution < 1.29 is 0 Å². The first-order valence-corrected chi connectivity index (χ1v) is 15.1. The van der Waals surface area contributed by atoms with Gasteiger partial charge in [-0.1, -0.05) is 72.8 Å². The van der Waals surface area contributed by atoms with Crippen LogP contribution >= 0.6 is 0 Å². The molecule has 0 atom stereocenters. The van der Waals surface area contributed by atoms with Crippen molar-refractivity contribution in [3.8, 4) is 34.6 Å². The van der Waals surface area contributed by atoms with Crippen molar-refractivity contribution in [1.29, 1.82) is 10.5 Å². The van der Waals surface area contributed by atoms with E-state index in [9.17, 15) is 10.5 Å². The number of rotatable bonds is 3. The second-order valence-corrected chi connectivity index (χ2v) is 11.8. The first-order valence-electron chi connectivity index (χ1n) is 15.1. The maximum absolute atomic E-state index is 11.2. The van der Waals surface area contributed by atoms with Gasteiger partial charge in [-0.2, -0.15) is 10.5 Å². The molecule has 0 aliphatic heterocycles. The van der Waals surface area contributed by atoms with E-state index in [-0.39, 0.29) is 0 Å². The van der Waals surface area contributed by atoms with Gasteiger partial charge < -0.3 is 9.13 Å². The van der Waals surface area contributed by atoms with Gasteiger partial charge in [0, 0.05) is 27.1 Å². The summed E-state index contributed by atoms with van der Waals surface area (Å²) < 4.78 is 4.51. The number of aryl methyl sites for hydroxylation is 3. The SMILES string of the molecule is Cc1cc(C#N)ccc1-c1ccc(-n2c3ccccc3c3c(C)cccc32)c(C#N)c1-n1c2ccccc2c2c(C)cccc21. The zero-order chi connectivity index (χ0) is 30.8. The van der Waals surface area contributed by atoms with E-state index in [0.717, 1.165) is 60.9 Å². The summed E-state index contributed by atoms with van der Waals surface area (Å²) in [6, 6.07) is 44.6. The zero-order valence-corrected chi connectivity index (χ0v) is 25.3. The Labute approximate surface area is 261 Å². The van der Waals surface area contributed by atoms with Gasteiger partial charge in [-0.15, -0.1) is 0 Å². The molecule has 0 bridgehead atoms. The van der Waals surface area contributed by atoms with Crippen molar-refractivity contribution in [2.75, 3.05) is 0 Å². The number of hydrogen-bond donors (Lipinski definition) is 0. The summed E-state index contributed by atoms with van der Waals surface area (Å²) in [5.41, 5.74) is 12.4. The van der Waals surface area contributed by atoms with Gasteiger partial charge in [-0.3, -0.25) is 0 Å². The van der Waals surface area contributed by atoms with Crippen molar-refractivity contribution in [2.45, 2.75) is 20.8 Å². The molecule has 4 heteroatoms. The molecular formula is C41H28N4. The number of hydrogen-bond acceptors (Lipinski definition) is 2. The predicted octanol–water partition coefficient (Wildman–Crippen LogP) is 10.2. The van der Waals surface area contributed by atoms with Crippen LogP contribution in [0, 0.1) is 43.4 Å². The number of aromatic nitrogens is 2. The maximum Gasteiger partial charge on any atom is 0.104 e. The highest BCUT2D eigenvalue weighted by molar-refractivity contribution is 6.13. The molecule has 0 aliphatic rings. The molecule has 2 heterocycles. The van der Waals surface area contributed by atoms with Crippen LogP contribution in [0.4, 0.5) is 0 Å². The van der Waals surface area contributed by atoms with Crippen molar-refractivity contribution >= 4 is 43.6 Å². The molecule has 8 rings (SSSR count). The van der Waals surface area contributed by atoms with Gasteiger partial charge in [0.2, 0.25) is 0 Å². The summed E-state index contributed by atoms with van der Waals surface area (Å²) >= 11 is 0. The molecule has 212 valence electrons. The smallest absolute Gasteiger partial charge is 0.104 e. The normalized spacial score (nSPS) is 11.4. The van der Waals surface area contributed by atoms with Crippen molar-refractivity contribution in [3.05, 3.63) is 143 Å². The molecule has 4 nitrogen and oxygen atoms in total. The lowest BCUT2D eigenvalue weighted by Gasteiger charge is -2.21. The van der Waals surface area contributed by atoms with E-state index in [0.29, 0.717) is 11.1 Å². The number of para-hydroxylation sites is 2. The van der Waals surface area contributed by atoms with Gasteiger partial charge >= 0.3 is 0 Å². The predicted molar refractivity (Wildman–Crippen MR) is 184 cm³/mol. The van der Waals surface area contributed by atoms with Gasteiger partial charge in [-0.05, 0) is 85.5 Å². The molecule has 0 unspecified atom stereocenters. The fraction of sp³-hybridized carbons (Fsp3) is 0.0732. The Bertz CT molecular complexity index is 2600. The van der Waals surface area contributed by atoms with E-state index in [1.165, 1.54) is 21.9 Å². The standard InChI is InChI=1S/C41H28N4/c1-25-10-8-16-37-39(25)31-12-4-6-14-34(31)44(37)36-21-20-30(29-19-18-28(23-42)22-27(29)3)41(33(36)24-43)45-35-15-7-5-13-32(35)40-26(2)11-9-17-38(40)45/h4-22H,1-3H3. The second-order valence-electron chi connectivity index (χ2n) is 11.8. The van der Waals surface area contributed by atoms with E-state index in [1.807, 2.05) is 25.1 Å². The Balaban J connectivity index is 1.59. The molecule has 8 aromatic rings. The van der Waals surface area contributed by atoms with Gasteiger partial charge in [-0.25, -0.2) is 0 Å². The molecule has 0 N–H and O–H groups in total. The highest BCUT2D eigenvalue weighted by Gasteiger charge is 2.25. The molecule has 0 spiro atoms. The van der Waals surface area contributed by atoms with Gasteiger partial charge in [0.15, 0.2) is 0 Å². The number of benzene rings is 6. The van der Waals surface area contributed by atoms with Crippen LogP contribution in [0.1, 0.15) is 27.8 Å². The van der Waals surface area contributed by atoms with Gasteiger partial charge in [0.25, 0.3) is 0 Å². The molecular weight excluding hydrogens is 548 g/mol. The third kappa shape index (κ3) is 3.77. The Kier molecular flexibility index (Phi) is 5.88. The summed E-state index contributed by atoms with van der Waals surface area (Å²) in [5, 5.41) is 25.5. The molecule has 45 heavy (non-hydrogen) atoms. The summed E-state index contributed by atoms with van der Waals surface area (Å²) in [6.45, 7) is 6.32. The third-order valence-corrected chi connectivity index (χ3v) is 9.19. The van der Waals surface area contributed by atoms with E-state index in [2.05, 4.69) is 132 Å². The van der Waals surface area contributed by atoms with Crippen molar-refractivity contribution in [1.82, 2.24) is 9.13 Å². The zero-order valence-electron chi connectivity index (χ0n) is 25.3. The van der Waals surface area contributed by atoms with Crippen molar-refractivity contribution in [2.24, 2.45) is 0 Å². The van der Waals surface area contributed by atoms with Crippen LogP contribution in [-0.4, -0.2) is 9.13 Å². The lowest BCUT2D eigenvalue weighted by molar-refractivity contribution is 1.12. The first kappa shape index (κ1) is 26.5. The topological polar surface area (TPSA) is 57.4 Å². The minimum Gasteiger partial charge on any atom is -0.308 e. The Hall–Kier alpha value is -6.10. The molecule has 0 aliphatic carbocycles. The fourth-order valence-electron chi connectivity index (χ4n) is 7.26. The van der Waals surface area contributed by atoms with Crippen LogP contribution in [0.2, 0.25) is 0 Å². The van der Waals surface area contributed by atoms with Crippen LogP contribution in [0.25, 0.3) is 66.1 Å². The van der Waals surface area contributed by atoms with E-state index >= 15 is 0 Å². The summed E-state index contributed by atoms with van der Waals surface area (Å²) in [4.78, 5) is 0. The average Bonchev–Trinajstić information content (AvgIpc) is 3.58. The molecule has 0 amide bonds. The second kappa shape index (κ2) is 9.98. The quantitative estimate of drug-likeness (QED) is 0.210. The minimum absolute atomic E-state index is 0.588. The molecule has 0 radical (unpaired) electrons. The molecule has 2 aromatic heterocycles. The Morgan fingerprint density at radius 3 is 1.64 bits per heavy atom. The monoisotopic (exact) mass is 576 g/mol. The fourth-order valence-corrected chi connectivity index (χ4v) is 7.26. The molecule has 6 aromatic carbocycles. The number of nitrogens with zero attached hydrogens (tertiary/aromatic N) is 4. The van der Waals surface area contributed by atoms with Crippen LogP contribution in [-0.2, 0) is 0 Å². The number of nitriles is 2. The molecule has 0 saturated carbocycles. The van der Waals surface area contributed by atoms with Crippen LogP contribution in [0.5, 0.6) is 0 Å². The largest absolute Gasteiger partial charge is 0.308 e. The highest BCUT2D eigenvalue weighted by Crippen LogP contribution is 2.43. The average molecular weight is 577 g/mol. The van der Waals surface area contributed by atoms with Crippen molar-refractivity contribution in [3.63, 3.8) is 0 Å². The maximum atomic E-state index is 11.2. The minimum atomic E-state index is 0.588. The van der Waals surface area contributed by atoms with E-state index in [1.54, 1.807) is 0 Å². The Morgan fingerprint density at radius 2 is 1.04 bits per heavy atom. The summed E-state index contributed by atoms with van der Waals surface area (Å²) in [7, 11) is 0. The lowest BCUT2D eigenvalue weighted by atomic mass is 9.94. The lowest BCUT2D eigenvalue weighted by Crippen LogP contribution is -2.07. The first-order chi connectivity index (χ1) is 22.0. The molecule has 0 fully saturated rings. The molecule has 0 saturated heterocycles. The van der Waals surface area contributed by atoms with Crippen LogP contribution < -0.4 is 0 Å². The summed E-state index contributed by atoms with van der Waals surface area (Å²) in [6.07, 6.45) is 0. The Morgan fingerprint density at radius 1 is 0.489 bits per heavy atom. The van der Waals surface area contributed by atoms with Gasteiger partial charge in [0.05, 0.1) is 45.1 Å². The van der Waals surface area contributed by atoms with E-state index in [4.69, 9.17) is 0 Å². The number of fused-ring (bicyclic) bond motifs is 6. The summed E-state index contributed by atoms with van der Waals surface area (Å²) in [5.74, 6) is 0. The van der Waals surface area contributed by atoms with Crippen LogP contribution in [0.15, 0.2) is 115 Å². The van der Waals surface area contributed by atoms with Crippen LogP contribution in [0.3, 0.4) is 0 Å².